The molecule has 4 heterocycles. The highest BCUT2D eigenvalue weighted by atomic mass is 32.2. The maximum absolute atomic E-state index is 13.0. The van der Waals surface area contributed by atoms with Crippen molar-refractivity contribution in [2.24, 2.45) is 0 Å². The SMILES string of the molecule is O=C(C1CCCCn2nnnc21)N1CCC(N2CCSCC2)CC1. The number of likely N-dealkylation sites (tertiary alicyclic amines) is 1. The normalized spacial score (nSPS) is 26.8. The molecule has 0 aliphatic carbocycles. The monoisotopic (exact) mass is 350 g/mol. The molecule has 3 aliphatic rings. The van der Waals surface area contributed by atoms with E-state index in [1.54, 1.807) is 0 Å². The van der Waals surface area contributed by atoms with Crippen molar-refractivity contribution in [3.05, 3.63) is 5.82 Å². The number of thioether (sulfide) groups is 1. The van der Waals surface area contributed by atoms with Crippen molar-refractivity contribution in [1.82, 2.24) is 30.0 Å². The molecule has 0 N–H and O–H groups in total. The summed E-state index contributed by atoms with van der Waals surface area (Å²) in [5, 5.41) is 12.0. The average Bonchev–Trinajstić information content (AvgIpc) is 3.01. The van der Waals surface area contributed by atoms with Crippen molar-refractivity contribution in [1.29, 1.82) is 0 Å². The summed E-state index contributed by atoms with van der Waals surface area (Å²) in [6.07, 6.45) is 5.20. The summed E-state index contributed by atoms with van der Waals surface area (Å²) >= 11 is 2.06. The minimum atomic E-state index is -0.148. The number of hydrogen-bond acceptors (Lipinski definition) is 6. The number of nitrogens with zero attached hydrogens (tertiary/aromatic N) is 6. The molecule has 7 nitrogen and oxygen atoms in total. The molecule has 1 aromatic rings. The van der Waals surface area contributed by atoms with Gasteiger partial charge in [0.1, 0.15) is 0 Å². The molecule has 8 heteroatoms. The summed E-state index contributed by atoms with van der Waals surface area (Å²) in [4.78, 5) is 17.7. The number of aromatic nitrogens is 4. The maximum atomic E-state index is 13.0. The predicted molar refractivity (Wildman–Crippen MR) is 92.9 cm³/mol. The van der Waals surface area contributed by atoms with Gasteiger partial charge in [0.25, 0.3) is 0 Å². The van der Waals surface area contributed by atoms with Gasteiger partial charge in [-0.25, -0.2) is 4.68 Å². The van der Waals surface area contributed by atoms with Crippen molar-refractivity contribution in [2.75, 3.05) is 37.7 Å². The first-order valence-corrected chi connectivity index (χ1v) is 10.3. The summed E-state index contributed by atoms with van der Waals surface area (Å²) in [6.45, 7) is 5.01. The van der Waals surface area contributed by atoms with Gasteiger partial charge < -0.3 is 4.90 Å². The Kier molecular flexibility index (Phi) is 5.03. The highest BCUT2D eigenvalue weighted by Crippen LogP contribution is 2.28. The second-order valence-corrected chi connectivity index (χ2v) is 8.24. The summed E-state index contributed by atoms with van der Waals surface area (Å²) < 4.78 is 1.83. The Morgan fingerprint density at radius 2 is 1.79 bits per heavy atom. The predicted octanol–water partition coefficient (Wildman–Crippen LogP) is 0.980. The first-order chi connectivity index (χ1) is 11.8. The van der Waals surface area contributed by atoms with Gasteiger partial charge in [0.15, 0.2) is 5.82 Å². The molecule has 0 bridgehead atoms. The lowest BCUT2D eigenvalue weighted by molar-refractivity contribution is -0.134. The van der Waals surface area contributed by atoms with Gasteiger partial charge in [0.2, 0.25) is 5.91 Å². The second-order valence-electron chi connectivity index (χ2n) is 7.01. The molecule has 1 unspecified atom stereocenters. The number of amides is 1. The van der Waals surface area contributed by atoms with E-state index in [9.17, 15) is 4.79 Å². The van der Waals surface area contributed by atoms with Crippen LogP contribution in [-0.2, 0) is 11.3 Å². The molecule has 3 aliphatic heterocycles. The van der Waals surface area contributed by atoms with Gasteiger partial charge in [-0.2, -0.15) is 11.8 Å². The van der Waals surface area contributed by atoms with E-state index in [0.717, 1.165) is 57.6 Å². The van der Waals surface area contributed by atoms with Gasteiger partial charge in [-0.1, -0.05) is 6.42 Å². The third-order valence-corrected chi connectivity index (χ3v) is 6.56. The van der Waals surface area contributed by atoms with E-state index in [-0.39, 0.29) is 11.8 Å². The molecule has 1 aromatic heterocycles. The van der Waals surface area contributed by atoms with Crippen LogP contribution in [0.2, 0.25) is 0 Å². The lowest BCUT2D eigenvalue weighted by Crippen LogP contribution is -2.50. The van der Waals surface area contributed by atoms with E-state index in [0.29, 0.717) is 6.04 Å². The fraction of sp³-hybridized carbons (Fsp3) is 0.875. The van der Waals surface area contributed by atoms with Crippen LogP contribution in [0.3, 0.4) is 0 Å². The topological polar surface area (TPSA) is 67.2 Å². The van der Waals surface area contributed by atoms with Gasteiger partial charge in [-0.05, 0) is 36.1 Å². The molecule has 1 amide bonds. The standard InChI is InChI=1S/C16H26N6OS/c23-16(14-3-1-2-6-22-15(14)17-18-19-22)21-7-4-13(5-8-21)20-9-11-24-12-10-20/h13-14H,1-12H2. The number of aryl methyl sites for hydroxylation is 1. The van der Waals surface area contributed by atoms with Gasteiger partial charge in [-0.3, -0.25) is 9.69 Å². The summed E-state index contributed by atoms with van der Waals surface area (Å²) in [5.74, 6) is 3.37. The molecule has 2 fully saturated rings. The van der Waals surface area contributed by atoms with E-state index in [1.807, 2.05) is 4.68 Å². The Hall–Kier alpha value is -1.15. The first-order valence-electron chi connectivity index (χ1n) is 9.19. The van der Waals surface area contributed by atoms with Crippen molar-refractivity contribution in [3.63, 3.8) is 0 Å². The van der Waals surface area contributed by atoms with Crippen LogP contribution in [0.15, 0.2) is 0 Å². The van der Waals surface area contributed by atoms with Crippen LogP contribution in [0.5, 0.6) is 0 Å². The van der Waals surface area contributed by atoms with Crippen molar-refractivity contribution in [3.8, 4) is 0 Å². The minimum Gasteiger partial charge on any atom is -0.342 e. The van der Waals surface area contributed by atoms with Crippen LogP contribution in [0.1, 0.15) is 43.8 Å². The largest absolute Gasteiger partial charge is 0.342 e. The first kappa shape index (κ1) is 16.3. The number of rotatable bonds is 2. The number of tetrazole rings is 1. The number of piperidine rings is 1. The van der Waals surface area contributed by atoms with Crippen LogP contribution in [-0.4, -0.2) is 79.6 Å². The molecule has 2 saturated heterocycles. The number of carbonyl (C=O) groups excluding carboxylic acids is 1. The Bertz CT molecular complexity index is 565. The zero-order valence-electron chi connectivity index (χ0n) is 14.1. The highest BCUT2D eigenvalue weighted by molar-refractivity contribution is 7.99. The molecule has 0 aromatic carbocycles. The Morgan fingerprint density at radius 1 is 1.00 bits per heavy atom. The van der Waals surface area contributed by atoms with E-state index in [1.165, 1.54) is 24.6 Å². The molecule has 0 radical (unpaired) electrons. The van der Waals surface area contributed by atoms with Gasteiger partial charge >= 0.3 is 0 Å². The van der Waals surface area contributed by atoms with E-state index >= 15 is 0 Å². The number of hydrogen-bond donors (Lipinski definition) is 0. The quantitative estimate of drug-likeness (QED) is 0.792. The third kappa shape index (κ3) is 3.31. The Labute approximate surface area is 147 Å². The van der Waals surface area contributed by atoms with Crippen LogP contribution in [0.25, 0.3) is 0 Å². The fourth-order valence-electron chi connectivity index (χ4n) is 4.21. The molecule has 0 saturated carbocycles. The highest BCUT2D eigenvalue weighted by Gasteiger charge is 2.34. The summed E-state index contributed by atoms with van der Waals surface area (Å²) in [6, 6.07) is 0.661. The van der Waals surface area contributed by atoms with Gasteiger partial charge in [0.05, 0.1) is 5.92 Å². The summed E-state index contributed by atoms with van der Waals surface area (Å²) in [7, 11) is 0. The third-order valence-electron chi connectivity index (χ3n) is 5.62. The van der Waals surface area contributed by atoms with Crippen LogP contribution in [0, 0.1) is 0 Å². The maximum Gasteiger partial charge on any atom is 0.233 e. The van der Waals surface area contributed by atoms with Crippen LogP contribution in [0.4, 0.5) is 0 Å². The average molecular weight is 350 g/mol. The van der Waals surface area contributed by atoms with Gasteiger partial charge in [0, 0.05) is 50.3 Å². The lowest BCUT2D eigenvalue weighted by atomic mass is 9.97. The van der Waals surface area contributed by atoms with E-state index in [2.05, 4.69) is 37.1 Å². The number of carbonyl (C=O) groups is 1. The van der Waals surface area contributed by atoms with Crippen LogP contribution >= 0.6 is 11.8 Å². The molecule has 4 rings (SSSR count). The zero-order valence-corrected chi connectivity index (χ0v) is 15.0. The fourth-order valence-corrected chi connectivity index (χ4v) is 5.14. The molecular weight excluding hydrogens is 324 g/mol. The zero-order chi connectivity index (χ0) is 16.4. The Balaban J connectivity index is 1.38. The molecule has 0 spiro atoms. The van der Waals surface area contributed by atoms with Crippen molar-refractivity contribution < 1.29 is 4.79 Å². The number of fused-ring (bicyclic) bond motifs is 1. The lowest BCUT2D eigenvalue weighted by Gasteiger charge is -2.40. The smallest absolute Gasteiger partial charge is 0.233 e. The second kappa shape index (κ2) is 7.39. The van der Waals surface area contributed by atoms with Crippen LogP contribution < -0.4 is 0 Å². The minimum absolute atomic E-state index is 0.148. The molecule has 132 valence electrons. The molecule has 24 heavy (non-hydrogen) atoms. The van der Waals surface area contributed by atoms with Crippen molar-refractivity contribution in [2.45, 2.75) is 50.6 Å². The van der Waals surface area contributed by atoms with E-state index in [4.69, 9.17) is 0 Å². The summed E-state index contributed by atoms with van der Waals surface area (Å²) in [5.41, 5.74) is 0. The van der Waals surface area contributed by atoms with Crippen molar-refractivity contribution >= 4 is 17.7 Å². The molecule has 1 atom stereocenters. The molecular formula is C16H26N6OS. The Morgan fingerprint density at radius 3 is 2.58 bits per heavy atom. The van der Waals surface area contributed by atoms with E-state index < -0.39 is 0 Å². The van der Waals surface area contributed by atoms with Gasteiger partial charge in [-0.15, -0.1) is 5.10 Å².